The number of nitrogens with two attached hydrogens (primary N) is 1. The number of hydrogen-bond donors (Lipinski definition) is 1. The average molecular weight is 270 g/mol. The highest BCUT2D eigenvalue weighted by Gasteiger charge is 2.49. The minimum atomic E-state index is -0.821. The second-order valence-corrected chi connectivity index (χ2v) is 6.79. The molecule has 1 rings (SSSR count). The zero-order valence-electron chi connectivity index (χ0n) is 13.1. The molecule has 0 aromatic carbocycles. The van der Waals surface area contributed by atoms with E-state index in [1.807, 2.05) is 0 Å². The molecule has 1 atom stereocenters. The van der Waals surface area contributed by atoms with Crippen molar-refractivity contribution in [1.29, 1.82) is 0 Å². The third kappa shape index (κ3) is 4.77. The van der Waals surface area contributed by atoms with Crippen LogP contribution in [0.1, 0.15) is 40.5 Å². The van der Waals surface area contributed by atoms with E-state index >= 15 is 0 Å². The summed E-state index contributed by atoms with van der Waals surface area (Å²) in [7, 11) is 1.43. The summed E-state index contributed by atoms with van der Waals surface area (Å²) in [5.41, 5.74) is 5.57. The monoisotopic (exact) mass is 270 g/mol. The molecule has 0 heterocycles. The topological polar surface area (TPSA) is 55.6 Å². The van der Waals surface area contributed by atoms with Crippen molar-refractivity contribution in [3.05, 3.63) is 0 Å². The molecule has 112 valence electrons. The first-order valence-electron chi connectivity index (χ1n) is 7.39. The Hall–Kier alpha value is -0.610. The highest BCUT2D eigenvalue weighted by Crippen LogP contribution is 2.39. The second kappa shape index (κ2) is 6.71. The number of rotatable bonds is 8. The fourth-order valence-electron chi connectivity index (χ4n) is 2.76. The van der Waals surface area contributed by atoms with Gasteiger partial charge in [0.25, 0.3) is 0 Å². The van der Waals surface area contributed by atoms with E-state index in [9.17, 15) is 4.79 Å². The van der Waals surface area contributed by atoms with Crippen LogP contribution >= 0.6 is 0 Å². The molecule has 0 amide bonds. The summed E-state index contributed by atoms with van der Waals surface area (Å²) in [5.74, 6) is 1.17. The zero-order valence-corrected chi connectivity index (χ0v) is 13.1. The Morgan fingerprint density at radius 2 is 1.74 bits per heavy atom. The van der Waals surface area contributed by atoms with Gasteiger partial charge < -0.3 is 15.4 Å². The molecule has 0 aliphatic heterocycles. The van der Waals surface area contributed by atoms with Gasteiger partial charge in [-0.05, 0) is 30.6 Å². The summed E-state index contributed by atoms with van der Waals surface area (Å²) >= 11 is 0. The molecule has 0 aromatic heterocycles. The normalized spacial score (nSPS) is 19.0. The molecule has 1 fully saturated rings. The van der Waals surface area contributed by atoms with E-state index in [0.29, 0.717) is 24.3 Å². The summed E-state index contributed by atoms with van der Waals surface area (Å²) in [6.07, 6.45) is 2.09. The lowest BCUT2D eigenvalue weighted by atomic mass is 9.93. The van der Waals surface area contributed by atoms with Crippen LogP contribution < -0.4 is 5.73 Å². The Kier molecular flexibility index (Phi) is 5.81. The van der Waals surface area contributed by atoms with Crippen LogP contribution in [0.15, 0.2) is 0 Å². The largest absolute Gasteiger partial charge is 0.468 e. The Bertz CT molecular complexity index is 291. The fraction of sp³-hybridized carbons (Fsp3) is 0.933. The van der Waals surface area contributed by atoms with Crippen molar-refractivity contribution in [2.75, 3.05) is 26.7 Å². The Morgan fingerprint density at radius 1 is 1.26 bits per heavy atom. The van der Waals surface area contributed by atoms with Crippen molar-refractivity contribution in [1.82, 2.24) is 4.90 Å². The van der Waals surface area contributed by atoms with Crippen LogP contribution in [0.25, 0.3) is 0 Å². The fourth-order valence-corrected chi connectivity index (χ4v) is 2.76. The summed E-state index contributed by atoms with van der Waals surface area (Å²) in [6.45, 7) is 11.3. The van der Waals surface area contributed by atoms with Crippen molar-refractivity contribution < 1.29 is 9.53 Å². The molecular weight excluding hydrogens is 240 g/mol. The highest BCUT2D eigenvalue weighted by molar-refractivity contribution is 5.81. The van der Waals surface area contributed by atoms with Crippen molar-refractivity contribution in [2.24, 2.45) is 23.5 Å². The molecule has 0 spiro atoms. The van der Waals surface area contributed by atoms with E-state index in [4.69, 9.17) is 10.5 Å². The molecule has 0 saturated heterocycles. The predicted octanol–water partition coefficient (Wildman–Crippen LogP) is 1.88. The van der Waals surface area contributed by atoms with Gasteiger partial charge in [0.15, 0.2) is 0 Å². The van der Waals surface area contributed by atoms with Crippen molar-refractivity contribution in [3.63, 3.8) is 0 Å². The molecule has 1 aliphatic carbocycles. The maximum atomic E-state index is 12.0. The van der Waals surface area contributed by atoms with Crippen LogP contribution in [0.5, 0.6) is 0 Å². The summed E-state index contributed by atoms with van der Waals surface area (Å²) in [6, 6.07) is 0. The molecular formula is C15H30N2O2. The number of hydrogen-bond acceptors (Lipinski definition) is 4. The summed E-state index contributed by atoms with van der Waals surface area (Å²) in [5, 5.41) is 0. The predicted molar refractivity (Wildman–Crippen MR) is 77.8 cm³/mol. The number of carbonyl (C=O) groups is 1. The van der Waals surface area contributed by atoms with Crippen LogP contribution in [0.3, 0.4) is 0 Å². The van der Waals surface area contributed by atoms with Crippen LogP contribution in [0.2, 0.25) is 0 Å². The highest BCUT2D eigenvalue weighted by atomic mass is 16.5. The third-order valence-corrected chi connectivity index (χ3v) is 3.60. The van der Waals surface area contributed by atoms with Gasteiger partial charge in [0.1, 0.15) is 5.54 Å². The number of esters is 1. The molecule has 1 aliphatic rings. The first kappa shape index (κ1) is 16.4. The average Bonchev–Trinajstić information content (AvgIpc) is 3.09. The van der Waals surface area contributed by atoms with Gasteiger partial charge in [0.2, 0.25) is 0 Å². The van der Waals surface area contributed by atoms with Crippen molar-refractivity contribution >= 4 is 5.97 Å². The maximum absolute atomic E-state index is 12.0. The SMILES string of the molecule is COC(=O)C(N)(CN(CC(C)C)CC(C)C)C1CC1. The second-order valence-electron chi connectivity index (χ2n) is 6.79. The van der Waals surface area contributed by atoms with E-state index in [0.717, 1.165) is 25.9 Å². The lowest BCUT2D eigenvalue weighted by Gasteiger charge is -2.35. The number of ether oxygens (including phenoxy) is 1. The quantitative estimate of drug-likeness (QED) is 0.684. The molecule has 0 radical (unpaired) electrons. The molecule has 1 unspecified atom stereocenters. The van der Waals surface area contributed by atoms with E-state index in [1.54, 1.807) is 0 Å². The van der Waals surface area contributed by atoms with Gasteiger partial charge in [0.05, 0.1) is 7.11 Å². The minimum absolute atomic E-state index is 0.257. The molecule has 0 bridgehead atoms. The number of methoxy groups -OCH3 is 1. The molecule has 19 heavy (non-hydrogen) atoms. The standard InChI is InChI=1S/C15H30N2O2/c1-11(2)8-17(9-12(3)4)10-15(16,13-6-7-13)14(18)19-5/h11-13H,6-10,16H2,1-5H3. The molecule has 2 N–H and O–H groups in total. The Labute approximate surface area is 117 Å². The van der Waals surface area contributed by atoms with Gasteiger partial charge in [-0.3, -0.25) is 4.79 Å². The Morgan fingerprint density at radius 3 is 2.05 bits per heavy atom. The van der Waals surface area contributed by atoms with Crippen LogP contribution in [0.4, 0.5) is 0 Å². The van der Waals surface area contributed by atoms with Gasteiger partial charge in [-0.25, -0.2) is 0 Å². The summed E-state index contributed by atoms with van der Waals surface area (Å²) < 4.78 is 4.94. The van der Waals surface area contributed by atoms with Crippen LogP contribution in [-0.2, 0) is 9.53 Å². The van der Waals surface area contributed by atoms with Crippen LogP contribution in [-0.4, -0.2) is 43.2 Å². The molecule has 0 aromatic rings. The number of nitrogens with zero attached hydrogens (tertiary/aromatic N) is 1. The van der Waals surface area contributed by atoms with Crippen molar-refractivity contribution in [3.8, 4) is 0 Å². The number of carbonyl (C=O) groups excluding carboxylic acids is 1. The lowest BCUT2D eigenvalue weighted by molar-refractivity contribution is -0.149. The van der Waals surface area contributed by atoms with Gasteiger partial charge in [0, 0.05) is 19.6 Å². The first-order chi connectivity index (χ1) is 8.79. The van der Waals surface area contributed by atoms with Crippen molar-refractivity contribution in [2.45, 2.75) is 46.1 Å². The lowest BCUT2D eigenvalue weighted by Crippen LogP contribution is -2.59. The Balaban J connectivity index is 2.75. The van der Waals surface area contributed by atoms with E-state index in [1.165, 1.54) is 7.11 Å². The van der Waals surface area contributed by atoms with Crippen LogP contribution in [0, 0.1) is 17.8 Å². The van der Waals surface area contributed by atoms with Gasteiger partial charge in [-0.15, -0.1) is 0 Å². The maximum Gasteiger partial charge on any atom is 0.327 e. The zero-order chi connectivity index (χ0) is 14.6. The van der Waals surface area contributed by atoms with E-state index in [-0.39, 0.29) is 5.97 Å². The minimum Gasteiger partial charge on any atom is -0.468 e. The summed E-state index contributed by atoms with van der Waals surface area (Å²) in [4.78, 5) is 14.4. The van der Waals surface area contributed by atoms with E-state index in [2.05, 4.69) is 32.6 Å². The molecule has 4 heteroatoms. The molecule has 1 saturated carbocycles. The third-order valence-electron chi connectivity index (χ3n) is 3.60. The van der Waals surface area contributed by atoms with E-state index < -0.39 is 5.54 Å². The smallest absolute Gasteiger partial charge is 0.327 e. The molecule has 4 nitrogen and oxygen atoms in total. The van der Waals surface area contributed by atoms with Gasteiger partial charge in [-0.1, -0.05) is 27.7 Å². The van der Waals surface area contributed by atoms with Gasteiger partial charge >= 0.3 is 5.97 Å². The van der Waals surface area contributed by atoms with Gasteiger partial charge in [-0.2, -0.15) is 0 Å². The first-order valence-corrected chi connectivity index (χ1v) is 7.39.